The molecular formula is C26H28N2O6S. The minimum absolute atomic E-state index is 0.00749. The van der Waals surface area contributed by atoms with E-state index in [0.29, 0.717) is 0 Å². The Morgan fingerprint density at radius 1 is 0.971 bits per heavy atom. The van der Waals surface area contributed by atoms with E-state index in [0.717, 1.165) is 15.1 Å². The number of ether oxygens (including phenoxy) is 2. The highest BCUT2D eigenvalue weighted by Crippen LogP contribution is 2.20. The lowest BCUT2D eigenvalue weighted by Gasteiger charge is -2.21. The van der Waals surface area contributed by atoms with E-state index in [9.17, 15) is 18.0 Å². The first-order chi connectivity index (χ1) is 16.5. The molecule has 0 unspecified atom stereocenters. The molecule has 3 aromatic rings. The molecular weight excluding hydrogens is 468 g/mol. The second kappa shape index (κ2) is 10.6. The molecule has 0 spiro atoms. The number of rotatable bonds is 7. The molecule has 1 aromatic heterocycles. The predicted octanol–water partition coefficient (Wildman–Crippen LogP) is 4.64. The maximum absolute atomic E-state index is 13.2. The fraction of sp³-hybridized carbons (Fsp3) is 0.231. The SMILES string of the molecule is Cc1ccc(S(=O)(=O)n2cccc2/C=C(\NC(=O)OCc2ccccc2)C(=O)OC(C)(C)C)cc1. The summed E-state index contributed by atoms with van der Waals surface area (Å²) in [5, 5.41) is 2.39. The lowest BCUT2D eigenvalue weighted by molar-refractivity contribution is -0.150. The largest absolute Gasteiger partial charge is 0.455 e. The Kier molecular flexibility index (Phi) is 7.81. The van der Waals surface area contributed by atoms with Gasteiger partial charge in [-0.15, -0.1) is 0 Å². The van der Waals surface area contributed by atoms with Gasteiger partial charge in [0.1, 0.15) is 17.9 Å². The normalized spacial score (nSPS) is 12.2. The molecule has 184 valence electrons. The molecule has 0 bridgehead atoms. The Labute approximate surface area is 205 Å². The summed E-state index contributed by atoms with van der Waals surface area (Å²) in [5.74, 6) is -0.838. The van der Waals surface area contributed by atoms with Crippen molar-refractivity contribution in [3.8, 4) is 0 Å². The molecule has 1 amide bonds. The molecule has 0 aliphatic heterocycles. The summed E-state index contributed by atoms with van der Waals surface area (Å²) in [7, 11) is -3.95. The van der Waals surface area contributed by atoms with E-state index in [-0.39, 0.29) is 22.9 Å². The third-order valence-electron chi connectivity index (χ3n) is 4.68. The summed E-state index contributed by atoms with van der Waals surface area (Å²) in [6.45, 7) is 6.89. The molecule has 2 aromatic carbocycles. The Morgan fingerprint density at radius 3 is 2.26 bits per heavy atom. The number of nitrogens with zero attached hydrogens (tertiary/aromatic N) is 1. The minimum atomic E-state index is -3.95. The second-order valence-corrected chi connectivity index (χ2v) is 10.6. The molecule has 0 saturated heterocycles. The standard InChI is InChI=1S/C26H28N2O6S/c1-19-12-14-22(15-13-19)35(31,32)28-16-8-11-21(28)17-23(24(29)34-26(2,3)4)27-25(30)33-18-20-9-6-5-7-10-20/h5-17H,18H2,1-4H3,(H,27,30)/b23-17-. The maximum Gasteiger partial charge on any atom is 0.412 e. The van der Waals surface area contributed by atoms with E-state index in [1.165, 1.54) is 36.5 Å². The number of aryl methyl sites for hydroxylation is 1. The fourth-order valence-electron chi connectivity index (χ4n) is 3.03. The van der Waals surface area contributed by atoms with Gasteiger partial charge in [0.25, 0.3) is 10.0 Å². The molecule has 0 fully saturated rings. The molecule has 1 N–H and O–H groups in total. The summed E-state index contributed by atoms with van der Waals surface area (Å²) in [4.78, 5) is 25.4. The minimum Gasteiger partial charge on any atom is -0.455 e. The predicted molar refractivity (Wildman–Crippen MR) is 132 cm³/mol. The molecule has 3 rings (SSSR count). The molecule has 35 heavy (non-hydrogen) atoms. The zero-order valence-electron chi connectivity index (χ0n) is 20.0. The van der Waals surface area contributed by atoms with E-state index >= 15 is 0 Å². The number of aromatic nitrogens is 1. The van der Waals surface area contributed by atoms with Crippen LogP contribution in [0.4, 0.5) is 4.79 Å². The Hall–Kier alpha value is -3.85. The summed E-state index contributed by atoms with van der Waals surface area (Å²) in [6, 6.07) is 18.5. The summed E-state index contributed by atoms with van der Waals surface area (Å²) in [6.07, 6.45) is 1.72. The first-order valence-electron chi connectivity index (χ1n) is 10.9. The number of alkyl carbamates (subject to hydrolysis) is 1. The molecule has 9 heteroatoms. The van der Waals surface area contributed by atoms with Gasteiger partial charge in [-0.2, -0.15) is 0 Å². The van der Waals surface area contributed by atoms with Crippen molar-refractivity contribution in [2.75, 3.05) is 0 Å². The van der Waals surface area contributed by atoms with Crippen LogP contribution < -0.4 is 5.32 Å². The summed E-state index contributed by atoms with van der Waals surface area (Å²) in [5.41, 5.74) is 0.722. The third-order valence-corrected chi connectivity index (χ3v) is 6.40. The van der Waals surface area contributed by atoms with Gasteiger partial charge in [0.05, 0.1) is 10.6 Å². The van der Waals surface area contributed by atoms with Gasteiger partial charge < -0.3 is 9.47 Å². The van der Waals surface area contributed by atoms with E-state index < -0.39 is 27.7 Å². The number of hydrogen-bond acceptors (Lipinski definition) is 6. The third kappa shape index (κ3) is 7.07. The molecule has 8 nitrogen and oxygen atoms in total. The van der Waals surface area contributed by atoms with Crippen molar-refractivity contribution in [3.05, 3.63) is 95.4 Å². The smallest absolute Gasteiger partial charge is 0.412 e. The van der Waals surface area contributed by atoms with E-state index in [1.54, 1.807) is 45.0 Å². The lowest BCUT2D eigenvalue weighted by Crippen LogP contribution is -2.33. The van der Waals surface area contributed by atoms with Gasteiger partial charge in [-0.05, 0) is 63.6 Å². The van der Waals surface area contributed by atoms with Crippen LogP contribution in [-0.2, 0) is 30.9 Å². The Balaban J connectivity index is 1.91. The van der Waals surface area contributed by atoms with Gasteiger partial charge in [0, 0.05) is 6.20 Å². The van der Waals surface area contributed by atoms with Crippen LogP contribution in [0.2, 0.25) is 0 Å². The van der Waals surface area contributed by atoms with Gasteiger partial charge in [-0.25, -0.2) is 22.0 Å². The number of amides is 1. The monoisotopic (exact) mass is 496 g/mol. The highest BCUT2D eigenvalue weighted by atomic mass is 32.2. The van der Waals surface area contributed by atoms with E-state index in [2.05, 4.69) is 5.32 Å². The average Bonchev–Trinajstić information content (AvgIpc) is 3.26. The van der Waals surface area contributed by atoms with Crippen LogP contribution in [0.5, 0.6) is 0 Å². The first-order valence-corrected chi connectivity index (χ1v) is 12.3. The van der Waals surface area contributed by atoms with Crippen molar-refractivity contribution in [3.63, 3.8) is 0 Å². The highest BCUT2D eigenvalue weighted by Gasteiger charge is 2.24. The Bertz CT molecular complexity index is 1320. The van der Waals surface area contributed by atoms with Crippen LogP contribution in [0.3, 0.4) is 0 Å². The zero-order chi connectivity index (χ0) is 25.6. The number of benzene rings is 2. The topological polar surface area (TPSA) is 104 Å². The summed E-state index contributed by atoms with van der Waals surface area (Å²) >= 11 is 0. The van der Waals surface area contributed by atoms with Crippen molar-refractivity contribution in [1.82, 2.24) is 9.29 Å². The van der Waals surface area contributed by atoms with Crippen LogP contribution in [0.25, 0.3) is 6.08 Å². The number of carbonyl (C=O) groups is 2. The molecule has 1 heterocycles. The summed E-state index contributed by atoms with van der Waals surface area (Å²) < 4.78 is 38.0. The molecule has 0 atom stereocenters. The van der Waals surface area contributed by atoms with Crippen molar-refractivity contribution >= 4 is 28.2 Å². The average molecular weight is 497 g/mol. The van der Waals surface area contributed by atoms with Gasteiger partial charge in [0.15, 0.2) is 0 Å². The van der Waals surface area contributed by atoms with Crippen LogP contribution in [0.15, 0.2) is 83.5 Å². The maximum atomic E-state index is 13.2. The molecule has 0 saturated carbocycles. The van der Waals surface area contributed by atoms with Crippen LogP contribution in [0, 0.1) is 6.92 Å². The van der Waals surface area contributed by atoms with Crippen LogP contribution in [-0.4, -0.2) is 30.1 Å². The second-order valence-electron chi connectivity index (χ2n) is 8.79. The highest BCUT2D eigenvalue weighted by molar-refractivity contribution is 7.90. The number of esters is 1. The number of hydrogen-bond donors (Lipinski definition) is 1. The first kappa shape index (κ1) is 25.8. The van der Waals surface area contributed by atoms with Crippen LogP contribution >= 0.6 is 0 Å². The molecule has 0 radical (unpaired) electrons. The zero-order valence-corrected chi connectivity index (χ0v) is 20.8. The van der Waals surface area contributed by atoms with Crippen molar-refractivity contribution in [2.24, 2.45) is 0 Å². The Morgan fingerprint density at radius 2 is 1.63 bits per heavy atom. The number of nitrogens with one attached hydrogen (secondary N) is 1. The fourth-order valence-corrected chi connectivity index (χ4v) is 4.36. The van der Waals surface area contributed by atoms with E-state index in [1.807, 2.05) is 25.1 Å². The van der Waals surface area contributed by atoms with Gasteiger partial charge >= 0.3 is 12.1 Å². The number of carbonyl (C=O) groups excluding carboxylic acids is 2. The van der Waals surface area contributed by atoms with Gasteiger partial charge in [-0.3, -0.25) is 5.32 Å². The quantitative estimate of drug-likeness (QED) is 0.377. The molecule has 0 aliphatic rings. The van der Waals surface area contributed by atoms with Gasteiger partial charge in [0.2, 0.25) is 0 Å². The molecule has 0 aliphatic carbocycles. The van der Waals surface area contributed by atoms with Gasteiger partial charge in [-0.1, -0.05) is 48.0 Å². The van der Waals surface area contributed by atoms with Crippen molar-refractivity contribution < 1.29 is 27.5 Å². The van der Waals surface area contributed by atoms with Crippen molar-refractivity contribution in [2.45, 2.75) is 44.8 Å². The van der Waals surface area contributed by atoms with Crippen LogP contribution in [0.1, 0.15) is 37.6 Å². The van der Waals surface area contributed by atoms with Crippen molar-refractivity contribution in [1.29, 1.82) is 0 Å². The lowest BCUT2D eigenvalue weighted by atomic mass is 10.2. The van der Waals surface area contributed by atoms with E-state index in [4.69, 9.17) is 9.47 Å².